The molecule has 1 spiro atoms. The van der Waals surface area contributed by atoms with Gasteiger partial charge in [0.2, 0.25) is 5.91 Å². The van der Waals surface area contributed by atoms with E-state index in [1.54, 1.807) is 0 Å². The number of benzene rings is 2. The van der Waals surface area contributed by atoms with Gasteiger partial charge in [0.25, 0.3) is 5.91 Å². The SMILES string of the molecule is O=C(CN1C(=O)NC2(CCc3cc(C4CC4)ccc32)C1=O)N(CCC1CC1)Cc1ccccc1. The number of hydrogen-bond donors (Lipinski definition) is 1. The maximum absolute atomic E-state index is 13.6. The number of hydrogen-bond acceptors (Lipinski definition) is 3. The first-order valence-electron chi connectivity index (χ1n) is 12.6. The molecule has 1 atom stereocenters. The molecule has 1 aliphatic heterocycles. The third-order valence-corrected chi connectivity index (χ3v) is 7.95. The quantitative estimate of drug-likeness (QED) is 0.607. The Hall–Kier alpha value is -3.15. The number of aryl methyl sites for hydroxylation is 1. The van der Waals surface area contributed by atoms with Crippen LogP contribution in [0.25, 0.3) is 0 Å². The van der Waals surface area contributed by atoms with Crippen LogP contribution in [0.5, 0.6) is 0 Å². The molecule has 4 aliphatic rings. The number of carbonyl (C=O) groups is 3. The second kappa shape index (κ2) is 8.26. The average Bonchev–Trinajstić information content (AvgIpc) is 3.78. The third-order valence-electron chi connectivity index (χ3n) is 7.95. The van der Waals surface area contributed by atoms with Gasteiger partial charge >= 0.3 is 6.03 Å². The third kappa shape index (κ3) is 3.89. The van der Waals surface area contributed by atoms with Gasteiger partial charge in [0.15, 0.2) is 0 Å². The highest BCUT2D eigenvalue weighted by Gasteiger charge is 2.55. The first-order valence-corrected chi connectivity index (χ1v) is 12.6. The zero-order valence-corrected chi connectivity index (χ0v) is 19.5. The largest absolute Gasteiger partial charge is 0.337 e. The summed E-state index contributed by atoms with van der Waals surface area (Å²) in [5, 5.41) is 2.97. The summed E-state index contributed by atoms with van der Waals surface area (Å²) in [6, 6.07) is 15.8. The molecule has 2 aromatic rings. The summed E-state index contributed by atoms with van der Waals surface area (Å²) in [6.07, 6.45) is 7.21. The van der Waals surface area contributed by atoms with Crippen LogP contribution in [0.4, 0.5) is 4.79 Å². The predicted octanol–water partition coefficient (Wildman–Crippen LogP) is 4.09. The highest BCUT2D eigenvalue weighted by Crippen LogP contribution is 2.45. The van der Waals surface area contributed by atoms with E-state index < -0.39 is 11.6 Å². The van der Waals surface area contributed by atoms with E-state index in [4.69, 9.17) is 0 Å². The molecule has 3 aliphatic carbocycles. The summed E-state index contributed by atoms with van der Waals surface area (Å²) in [7, 11) is 0. The first kappa shape index (κ1) is 21.4. The topological polar surface area (TPSA) is 69.7 Å². The van der Waals surface area contributed by atoms with Crippen molar-refractivity contribution in [1.82, 2.24) is 15.1 Å². The van der Waals surface area contributed by atoms with E-state index in [0.29, 0.717) is 31.3 Å². The molecule has 4 amide bonds. The lowest BCUT2D eigenvalue weighted by Gasteiger charge is -2.26. The molecule has 1 unspecified atom stereocenters. The Morgan fingerprint density at radius 1 is 1.06 bits per heavy atom. The minimum absolute atomic E-state index is 0.174. The fourth-order valence-electron chi connectivity index (χ4n) is 5.56. The molecule has 6 nitrogen and oxygen atoms in total. The molecule has 1 saturated heterocycles. The molecule has 0 bridgehead atoms. The van der Waals surface area contributed by atoms with E-state index in [0.717, 1.165) is 34.4 Å². The fraction of sp³-hybridized carbons (Fsp3) is 0.464. The molecule has 2 aromatic carbocycles. The summed E-state index contributed by atoms with van der Waals surface area (Å²) < 4.78 is 0. The molecule has 0 aromatic heterocycles. The minimum Gasteiger partial charge on any atom is -0.337 e. The Morgan fingerprint density at radius 3 is 2.59 bits per heavy atom. The number of nitrogens with zero attached hydrogens (tertiary/aromatic N) is 2. The van der Waals surface area contributed by atoms with Gasteiger partial charge in [-0.15, -0.1) is 0 Å². The van der Waals surface area contributed by atoms with Gasteiger partial charge in [0.1, 0.15) is 12.1 Å². The van der Waals surface area contributed by atoms with Crippen LogP contribution in [0.15, 0.2) is 48.5 Å². The Morgan fingerprint density at radius 2 is 1.85 bits per heavy atom. The second-order valence-corrected chi connectivity index (χ2v) is 10.5. The van der Waals surface area contributed by atoms with Crippen LogP contribution < -0.4 is 5.32 Å². The minimum atomic E-state index is -1.02. The molecular weight excluding hydrogens is 426 g/mol. The van der Waals surface area contributed by atoms with E-state index in [1.165, 1.54) is 31.2 Å². The van der Waals surface area contributed by atoms with E-state index in [2.05, 4.69) is 17.4 Å². The second-order valence-electron chi connectivity index (χ2n) is 10.5. The lowest BCUT2D eigenvalue weighted by molar-refractivity contribution is -0.139. The van der Waals surface area contributed by atoms with Gasteiger partial charge in [0.05, 0.1) is 0 Å². The van der Waals surface area contributed by atoms with Crippen LogP contribution in [0.2, 0.25) is 0 Å². The Balaban J connectivity index is 1.19. The van der Waals surface area contributed by atoms with Gasteiger partial charge < -0.3 is 10.2 Å². The molecule has 0 radical (unpaired) electrons. The van der Waals surface area contributed by atoms with Gasteiger partial charge in [-0.25, -0.2) is 4.79 Å². The first-order chi connectivity index (χ1) is 16.5. The lowest BCUT2D eigenvalue weighted by atomic mass is 9.90. The van der Waals surface area contributed by atoms with Crippen molar-refractivity contribution in [2.24, 2.45) is 5.92 Å². The molecule has 3 fully saturated rings. The fourth-order valence-corrected chi connectivity index (χ4v) is 5.56. The van der Waals surface area contributed by atoms with Crippen molar-refractivity contribution < 1.29 is 14.4 Å². The van der Waals surface area contributed by atoms with Crippen LogP contribution in [-0.2, 0) is 28.1 Å². The van der Waals surface area contributed by atoms with Gasteiger partial charge in [-0.3, -0.25) is 14.5 Å². The van der Waals surface area contributed by atoms with E-state index >= 15 is 0 Å². The highest BCUT2D eigenvalue weighted by atomic mass is 16.2. The number of imide groups is 1. The van der Waals surface area contributed by atoms with Crippen LogP contribution in [-0.4, -0.2) is 40.7 Å². The van der Waals surface area contributed by atoms with Gasteiger partial charge in [-0.1, -0.05) is 61.4 Å². The number of amides is 4. The van der Waals surface area contributed by atoms with Crippen molar-refractivity contribution in [2.75, 3.05) is 13.1 Å². The van der Waals surface area contributed by atoms with Crippen molar-refractivity contribution in [3.05, 3.63) is 70.8 Å². The average molecular weight is 458 g/mol. The van der Waals surface area contributed by atoms with Gasteiger partial charge in [-0.05, 0) is 66.2 Å². The van der Waals surface area contributed by atoms with Gasteiger partial charge in [-0.2, -0.15) is 0 Å². The Labute approximate surface area is 200 Å². The van der Waals surface area contributed by atoms with Crippen molar-refractivity contribution in [1.29, 1.82) is 0 Å². The van der Waals surface area contributed by atoms with Crippen molar-refractivity contribution in [2.45, 2.75) is 62.9 Å². The van der Waals surface area contributed by atoms with Crippen LogP contribution in [0, 0.1) is 5.92 Å². The van der Waals surface area contributed by atoms with Crippen molar-refractivity contribution in [3.8, 4) is 0 Å². The molecule has 1 N–H and O–H groups in total. The van der Waals surface area contributed by atoms with Crippen molar-refractivity contribution >= 4 is 17.8 Å². The molecule has 6 heteroatoms. The molecular formula is C28H31N3O3. The number of rotatable bonds is 8. The van der Waals surface area contributed by atoms with Gasteiger partial charge in [0, 0.05) is 13.1 Å². The maximum atomic E-state index is 13.6. The number of nitrogens with one attached hydrogen (secondary N) is 1. The molecule has 6 rings (SSSR count). The lowest BCUT2D eigenvalue weighted by Crippen LogP contribution is -2.45. The highest BCUT2D eigenvalue weighted by molar-refractivity contribution is 6.10. The maximum Gasteiger partial charge on any atom is 0.325 e. The number of urea groups is 1. The molecule has 2 saturated carbocycles. The summed E-state index contributed by atoms with van der Waals surface area (Å²) in [5.74, 6) is 0.885. The summed E-state index contributed by atoms with van der Waals surface area (Å²) in [5.41, 5.74) is 3.43. The molecule has 1 heterocycles. The summed E-state index contributed by atoms with van der Waals surface area (Å²) in [4.78, 5) is 42.9. The standard InChI is InChI=1S/C28H31N3O3/c32-25(30(15-13-19-6-7-19)17-20-4-2-1-3-5-20)18-31-26(33)28(29-27(31)34)14-12-23-16-22(21-8-9-21)10-11-24(23)28/h1-5,10-11,16,19,21H,6-9,12-15,17-18H2,(H,29,34). The Bertz CT molecular complexity index is 1140. The van der Waals surface area contributed by atoms with E-state index in [1.807, 2.05) is 41.3 Å². The normalized spacial score (nSPS) is 23.4. The molecule has 176 valence electrons. The van der Waals surface area contributed by atoms with Crippen LogP contribution in [0.3, 0.4) is 0 Å². The van der Waals surface area contributed by atoms with E-state index in [-0.39, 0.29) is 18.4 Å². The monoisotopic (exact) mass is 457 g/mol. The smallest absolute Gasteiger partial charge is 0.325 e. The summed E-state index contributed by atoms with van der Waals surface area (Å²) in [6.45, 7) is 0.938. The van der Waals surface area contributed by atoms with E-state index in [9.17, 15) is 14.4 Å². The number of fused-ring (bicyclic) bond motifs is 2. The zero-order valence-electron chi connectivity index (χ0n) is 19.5. The predicted molar refractivity (Wildman–Crippen MR) is 128 cm³/mol. The molecule has 34 heavy (non-hydrogen) atoms. The number of carbonyl (C=O) groups excluding carboxylic acids is 3. The zero-order chi connectivity index (χ0) is 23.3. The summed E-state index contributed by atoms with van der Waals surface area (Å²) >= 11 is 0. The van der Waals surface area contributed by atoms with Crippen molar-refractivity contribution in [3.63, 3.8) is 0 Å². The van der Waals surface area contributed by atoms with Crippen LogP contribution >= 0.6 is 0 Å². The Kier molecular flexibility index (Phi) is 5.19. The van der Waals surface area contributed by atoms with Crippen LogP contribution in [0.1, 0.15) is 66.7 Å².